The van der Waals surface area contributed by atoms with Gasteiger partial charge < -0.3 is 4.90 Å². The van der Waals surface area contributed by atoms with Gasteiger partial charge in [0, 0.05) is 19.3 Å². The first-order chi connectivity index (χ1) is 8.70. The Balaban J connectivity index is 2.16. The van der Waals surface area contributed by atoms with Crippen LogP contribution in [0.4, 0.5) is 5.82 Å². The molecule has 2 nitrogen and oxygen atoms in total. The predicted octanol–water partition coefficient (Wildman–Crippen LogP) is 4.29. The van der Waals surface area contributed by atoms with Crippen LogP contribution in [0, 0.1) is 23.7 Å². The Morgan fingerprint density at radius 2 is 1.95 bits per heavy atom. The molecular weight excluding hydrogens is 232 g/mol. The van der Waals surface area contributed by atoms with Crippen molar-refractivity contribution in [3.8, 4) is 0 Å². The molecule has 1 aliphatic rings. The van der Waals surface area contributed by atoms with Crippen LogP contribution in [0.2, 0.25) is 0 Å². The van der Waals surface area contributed by atoms with Gasteiger partial charge in [0.1, 0.15) is 5.82 Å². The fourth-order valence-electron chi connectivity index (χ4n) is 3.80. The topological polar surface area (TPSA) is 16.1 Å². The molecule has 0 bridgehead atoms. The maximum absolute atomic E-state index is 4.58. The summed E-state index contributed by atoms with van der Waals surface area (Å²) in [6.45, 7) is 16.3. The summed E-state index contributed by atoms with van der Waals surface area (Å²) >= 11 is 0. The Labute approximate surface area is 118 Å². The number of piperidine rings is 1. The van der Waals surface area contributed by atoms with Crippen molar-refractivity contribution in [1.82, 2.24) is 4.98 Å². The molecule has 2 rings (SSSR count). The van der Waals surface area contributed by atoms with Gasteiger partial charge in [0.2, 0.25) is 0 Å². The molecule has 0 aromatic carbocycles. The molecule has 0 radical (unpaired) electrons. The first-order valence-corrected chi connectivity index (χ1v) is 7.38. The summed E-state index contributed by atoms with van der Waals surface area (Å²) in [5.74, 6) is 1.90. The van der Waals surface area contributed by atoms with E-state index < -0.39 is 0 Å². The quantitative estimate of drug-likeness (QED) is 0.749. The zero-order valence-electron chi connectivity index (χ0n) is 13.3. The normalized spacial score (nSPS) is 23.5. The summed E-state index contributed by atoms with van der Waals surface area (Å²) in [5.41, 5.74) is 1.95. The van der Waals surface area contributed by atoms with Crippen molar-refractivity contribution in [3.05, 3.63) is 23.9 Å². The number of hydrogen-bond acceptors (Lipinski definition) is 2. The van der Waals surface area contributed by atoms with Crippen molar-refractivity contribution >= 4 is 5.82 Å². The molecule has 19 heavy (non-hydrogen) atoms. The fourth-order valence-corrected chi connectivity index (χ4v) is 3.80. The lowest BCUT2D eigenvalue weighted by Gasteiger charge is -2.50. The van der Waals surface area contributed by atoms with E-state index in [1.54, 1.807) is 0 Å². The third kappa shape index (κ3) is 3.10. The van der Waals surface area contributed by atoms with Crippen molar-refractivity contribution in [3.63, 3.8) is 0 Å². The smallest absolute Gasteiger partial charge is 0.128 e. The van der Waals surface area contributed by atoms with E-state index in [0.29, 0.717) is 10.8 Å². The molecular formula is C17H28N2. The van der Waals surface area contributed by atoms with Crippen LogP contribution in [0.3, 0.4) is 0 Å². The molecule has 1 aromatic rings. The second-order valence-electron chi connectivity index (χ2n) is 7.81. The fraction of sp³-hybridized carbons (Fsp3) is 0.706. The molecule has 2 heteroatoms. The van der Waals surface area contributed by atoms with Crippen molar-refractivity contribution in [2.24, 2.45) is 16.7 Å². The number of rotatable bonds is 1. The highest BCUT2D eigenvalue weighted by Gasteiger charge is 2.42. The summed E-state index contributed by atoms with van der Waals surface area (Å²) in [7, 11) is 0. The number of aryl methyl sites for hydroxylation is 1. The van der Waals surface area contributed by atoms with E-state index in [9.17, 15) is 0 Å². The molecule has 1 saturated heterocycles. The molecule has 1 aliphatic heterocycles. The molecule has 1 unspecified atom stereocenters. The van der Waals surface area contributed by atoms with Crippen molar-refractivity contribution in [1.29, 1.82) is 0 Å². The largest absolute Gasteiger partial charge is 0.356 e. The minimum absolute atomic E-state index is 0.336. The van der Waals surface area contributed by atoms with E-state index in [0.717, 1.165) is 24.8 Å². The number of pyridine rings is 1. The molecule has 1 fully saturated rings. The Morgan fingerprint density at radius 1 is 1.26 bits per heavy atom. The first-order valence-electron chi connectivity index (χ1n) is 7.38. The van der Waals surface area contributed by atoms with Gasteiger partial charge in [-0.15, -0.1) is 0 Å². The zero-order chi connectivity index (χ0) is 14.3. The highest BCUT2D eigenvalue weighted by Crippen LogP contribution is 2.45. The maximum atomic E-state index is 4.58. The van der Waals surface area contributed by atoms with E-state index in [1.165, 1.54) is 12.0 Å². The van der Waals surface area contributed by atoms with Gasteiger partial charge in [-0.05, 0) is 41.7 Å². The van der Waals surface area contributed by atoms with E-state index in [-0.39, 0.29) is 0 Å². The van der Waals surface area contributed by atoms with Gasteiger partial charge >= 0.3 is 0 Å². The summed E-state index contributed by atoms with van der Waals surface area (Å²) in [5, 5.41) is 0. The number of hydrogen-bond donors (Lipinski definition) is 0. The van der Waals surface area contributed by atoms with Crippen LogP contribution in [0.5, 0.6) is 0 Å². The van der Waals surface area contributed by atoms with Crippen LogP contribution in [0.15, 0.2) is 18.3 Å². The molecule has 106 valence electrons. The van der Waals surface area contributed by atoms with E-state index in [2.05, 4.69) is 63.6 Å². The number of anilines is 1. The summed E-state index contributed by atoms with van der Waals surface area (Å²) < 4.78 is 0. The molecule has 2 heterocycles. The molecule has 0 saturated carbocycles. The minimum atomic E-state index is 0.336. The van der Waals surface area contributed by atoms with Crippen LogP contribution in [-0.2, 0) is 0 Å². The third-order valence-electron chi connectivity index (χ3n) is 4.49. The lowest BCUT2D eigenvalue weighted by molar-refractivity contribution is 0.0651. The number of aromatic nitrogens is 1. The van der Waals surface area contributed by atoms with Crippen LogP contribution in [-0.4, -0.2) is 18.1 Å². The van der Waals surface area contributed by atoms with Crippen molar-refractivity contribution in [2.45, 2.75) is 48.0 Å². The third-order valence-corrected chi connectivity index (χ3v) is 4.49. The Kier molecular flexibility index (Phi) is 3.63. The van der Waals surface area contributed by atoms with Crippen molar-refractivity contribution in [2.75, 3.05) is 18.0 Å². The molecule has 0 aliphatic carbocycles. The molecule has 1 aromatic heterocycles. The van der Waals surface area contributed by atoms with Crippen LogP contribution in [0.25, 0.3) is 0 Å². The molecule has 0 amide bonds. The van der Waals surface area contributed by atoms with E-state index >= 15 is 0 Å². The van der Waals surface area contributed by atoms with Gasteiger partial charge in [-0.2, -0.15) is 0 Å². The second-order valence-corrected chi connectivity index (χ2v) is 7.81. The van der Waals surface area contributed by atoms with Gasteiger partial charge in [-0.25, -0.2) is 4.98 Å². The van der Waals surface area contributed by atoms with E-state index in [1.807, 2.05) is 6.20 Å². The van der Waals surface area contributed by atoms with Crippen LogP contribution < -0.4 is 4.90 Å². The van der Waals surface area contributed by atoms with Gasteiger partial charge in [0.15, 0.2) is 0 Å². The van der Waals surface area contributed by atoms with Crippen LogP contribution in [0.1, 0.15) is 46.6 Å². The maximum Gasteiger partial charge on any atom is 0.128 e. The Hall–Kier alpha value is -1.05. The first kappa shape index (κ1) is 14.4. The average Bonchev–Trinajstić information content (AvgIpc) is 2.26. The SMILES string of the molecule is Cc1ccc(N2CCC(C(C)(C)C)C(C)(C)C2)nc1. The highest BCUT2D eigenvalue weighted by atomic mass is 15.2. The van der Waals surface area contributed by atoms with Crippen molar-refractivity contribution < 1.29 is 0 Å². The van der Waals surface area contributed by atoms with Crippen LogP contribution >= 0.6 is 0 Å². The average molecular weight is 260 g/mol. The predicted molar refractivity (Wildman–Crippen MR) is 82.5 cm³/mol. The second kappa shape index (κ2) is 4.81. The molecule has 0 N–H and O–H groups in total. The minimum Gasteiger partial charge on any atom is -0.356 e. The summed E-state index contributed by atoms with van der Waals surface area (Å²) in [6.07, 6.45) is 3.23. The van der Waals surface area contributed by atoms with Gasteiger partial charge in [-0.1, -0.05) is 40.7 Å². The van der Waals surface area contributed by atoms with Gasteiger partial charge in [0.25, 0.3) is 0 Å². The Morgan fingerprint density at radius 3 is 2.42 bits per heavy atom. The van der Waals surface area contributed by atoms with E-state index in [4.69, 9.17) is 0 Å². The molecule has 0 spiro atoms. The summed E-state index contributed by atoms with van der Waals surface area (Å²) in [4.78, 5) is 7.03. The van der Waals surface area contributed by atoms with Gasteiger partial charge in [0.05, 0.1) is 0 Å². The lowest BCUT2D eigenvalue weighted by Crippen LogP contribution is -2.50. The lowest BCUT2D eigenvalue weighted by atomic mass is 9.62. The monoisotopic (exact) mass is 260 g/mol. The standard InChI is InChI=1S/C17H28N2/c1-13-7-8-15(18-11-13)19-10-9-14(16(2,3)4)17(5,6)12-19/h7-8,11,14H,9-10,12H2,1-6H3. The highest BCUT2D eigenvalue weighted by molar-refractivity contribution is 5.40. The number of nitrogens with zero attached hydrogens (tertiary/aromatic N) is 2. The summed E-state index contributed by atoms with van der Waals surface area (Å²) in [6, 6.07) is 4.31. The zero-order valence-corrected chi connectivity index (χ0v) is 13.3. The van der Waals surface area contributed by atoms with Gasteiger partial charge in [-0.3, -0.25) is 0 Å². The molecule has 1 atom stereocenters. The Bertz CT molecular complexity index is 426.